The first-order valence-corrected chi connectivity index (χ1v) is 14.2. The zero-order valence-electron chi connectivity index (χ0n) is 19.5. The molecule has 0 spiro atoms. The summed E-state index contributed by atoms with van der Waals surface area (Å²) in [7, 11) is -3.50. The Morgan fingerprint density at radius 2 is 1.67 bits per heavy atom. The second-order valence-corrected chi connectivity index (χ2v) is 11.7. The number of fused-ring (bicyclic) bond motifs is 1. The van der Waals surface area contributed by atoms with E-state index in [0.717, 1.165) is 39.9 Å². The number of amides is 1. The Kier molecular flexibility index (Phi) is 7.13. The molecule has 1 fully saturated rings. The molecule has 0 atom stereocenters. The lowest BCUT2D eigenvalue weighted by Crippen LogP contribution is -2.28. The quantitative estimate of drug-likeness (QED) is 0.243. The van der Waals surface area contributed by atoms with Crippen molar-refractivity contribution in [2.45, 2.75) is 22.6 Å². The molecule has 4 aromatic rings. The zero-order valence-corrected chi connectivity index (χ0v) is 21.2. The molecule has 0 radical (unpaired) electrons. The van der Waals surface area contributed by atoms with Crippen LogP contribution in [0.1, 0.15) is 23.2 Å². The summed E-state index contributed by atoms with van der Waals surface area (Å²) in [5, 5.41) is 3.98. The van der Waals surface area contributed by atoms with Crippen molar-refractivity contribution in [2.24, 2.45) is 0 Å². The van der Waals surface area contributed by atoms with E-state index in [1.165, 1.54) is 28.6 Å². The molecule has 2 heterocycles. The van der Waals surface area contributed by atoms with Gasteiger partial charge >= 0.3 is 0 Å². The van der Waals surface area contributed by atoms with Crippen LogP contribution < -0.4 is 5.32 Å². The number of thioether (sulfide) groups is 1. The molecule has 186 valence electrons. The lowest BCUT2D eigenvalue weighted by Gasteiger charge is -2.15. The van der Waals surface area contributed by atoms with Gasteiger partial charge in [0, 0.05) is 46.7 Å². The topological polar surface area (TPSA) is 82.3 Å². The molecule has 2 N–H and O–H groups in total. The average Bonchev–Trinajstić information content (AvgIpc) is 3.56. The number of carbonyl (C=O) groups is 1. The Balaban J connectivity index is 1.23. The summed E-state index contributed by atoms with van der Waals surface area (Å²) < 4.78 is 40.3. The van der Waals surface area contributed by atoms with Gasteiger partial charge in [-0.3, -0.25) is 4.79 Å². The Hall–Kier alpha value is -3.14. The van der Waals surface area contributed by atoms with E-state index < -0.39 is 10.0 Å². The number of nitrogens with zero attached hydrogens (tertiary/aromatic N) is 1. The van der Waals surface area contributed by atoms with Crippen LogP contribution in [0.15, 0.2) is 82.6 Å². The highest BCUT2D eigenvalue weighted by Gasteiger charge is 2.27. The number of H-pyrrole nitrogens is 1. The molecule has 6 nitrogen and oxygen atoms in total. The number of benzene rings is 3. The maximum atomic E-state index is 13.4. The van der Waals surface area contributed by atoms with Gasteiger partial charge < -0.3 is 10.3 Å². The summed E-state index contributed by atoms with van der Waals surface area (Å²) in [5.41, 5.74) is 3.22. The predicted molar refractivity (Wildman–Crippen MR) is 141 cm³/mol. The molecular weight excluding hydrogens is 497 g/mol. The lowest BCUT2D eigenvalue weighted by molar-refractivity contribution is 0.0956. The number of rotatable bonds is 8. The van der Waals surface area contributed by atoms with E-state index in [9.17, 15) is 17.6 Å². The number of para-hydroxylation sites is 1. The van der Waals surface area contributed by atoms with Crippen molar-refractivity contribution in [3.8, 4) is 11.3 Å². The molecule has 5 rings (SSSR count). The molecule has 1 aliphatic heterocycles. The second-order valence-electron chi connectivity index (χ2n) is 8.62. The molecule has 0 unspecified atom stereocenters. The Labute approximate surface area is 214 Å². The standard InChI is InChI=1S/C27H26FN3O3S2/c28-21-11-7-19(8-12-21)25-26(23-5-1-2-6-24(23)30-25)35-18-15-29-27(32)20-9-13-22(14-10-20)36(33,34)31-16-3-4-17-31/h1-2,5-14,30H,3-4,15-18H2,(H,29,32). The molecule has 1 aliphatic rings. The molecule has 3 aromatic carbocycles. The van der Waals surface area contributed by atoms with Crippen LogP contribution in [-0.2, 0) is 10.0 Å². The van der Waals surface area contributed by atoms with Gasteiger partial charge in [-0.2, -0.15) is 4.31 Å². The number of nitrogens with one attached hydrogen (secondary N) is 2. The number of aromatic nitrogens is 1. The molecule has 0 saturated carbocycles. The van der Waals surface area contributed by atoms with Crippen molar-refractivity contribution in [1.29, 1.82) is 0 Å². The van der Waals surface area contributed by atoms with Gasteiger partial charge in [0.1, 0.15) is 5.82 Å². The maximum absolute atomic E-state index is 13.4. The first-order valence-electron chi connectivity index (χ1n) is 11.8. The van der Waals surface area contributed by atoms with E-state index in [1.807, 2.05) is 24.3 Å². The smallest absolute Gasteiger partial charge is 0.251 e. The van der Waals surface area contributed by atoms with Crippen LogP contribution in [-0.4, -0.2) is 49.0 Å². The molecule has 36 heavy (non-hydrogen) atoms. The minimum Gasteiger partial charge on any atom is -0.354 e. The molecule has 1 saturated heterocycles. The molecule has 1 aromatic heterocycles. The van der Waals surface area contributed by atoms with Crippen LogP contribution in [0.25, 0.3) is 22.2 Å². The normalized spacial score (nSPS) is 14.4. The van der Waals surface area contributed by atoms with Gasteiger partial charge in [0.05, 0.1) is 10.6 Å². The largest absolute Gasteiger partial charge is 0.354 e. The average molecular weight is 524 g/mol. The number of carbonyl (C=O) groups excluding carboxylic acids is 1. The third-order valence-electron chi connectivity index (χ3n) is 6.24. The van der Waals surface area contributed by atoms with E-state index in [4.69, 9.17) is 0 Å². The minimum absolute atomic E-state index is 0.212. The Morgan fingerprint density at radius 1 is 0.972 bits per heavy atom. The number of halogens is 1. The van der Waals surface area contributed by atoms with Crippen LogP contribution in [0, 0.1) is 5.82 Å². The maximum Gasteiger partial charge on any atom is 0.251 e. The van der Waals surface area contributed by atoms with Crippen LogP contribution in [0.5, 0.6) is 0 Å². The molecular formula is C27H26FN3O3S2. The number of hydrogen-bond donors (Lipinski definition) is 2. The van der Waals surface area contributed by atoms with Crippen LogP contribution in [0.2, 0.25) is 0 Å². The van der Waals surface area contributed by atoms with Crippen molar-refractivity contribution in [1.82, 2.24) is 14.6 Å². The number of aromatic amines is 1. The minimum atomic E-state index is -3.50. The van der Waals surface area contributed by atoms with Gasteiger partial charge in [0.15, 0.2) is 0 Å². The van der Waals surface area contributed by atoms with Gasteiger partial charge in [0.25, 0.3) is 5.91 Å². The Bertz CT molecular complexity index is 1480. The zero-order chi connectivity index (χ0) is 25.1. The fourth-order valence-corrected chi connectivity index (χ4v) is 6.93. The molecule has 0 bridgehead atoms. The van der Waals surface area contributed by atoms with Gasteiger partial charge in [-0.1, -0.05) is 18.2 Å². The van der Waals surface area contributed by atoms with Gasteiger partial charge in [0.2, 0.25) is 10.0 Å². The van der Waals surface area contributed by atoms with Crippen molar-refractivity contribution in [3.05, 3.63) is 84.2 Å². The summed E-state index contributed by atoms with van der Waals surface area (Å²) in [6.07, 6.45) is 1.75. The molecule has 1 amide bonds. The number of sulfonamides is 1. The van der Waals surface area contributed by atoms with Crippen LogP contribution in [0.3, 0.4) is 0 Å². The van der Waals surface area contributed by atoms with Gasteiger partial charge in [-0.15, -0.1) is 11.8 Å². The molecule has 0 aliphatic carbocycles. The summed E-state index contributed by atoms with van der Waals surface area (Å²) >= 11 is 1.61. The van der Waals surface area contributed by atoms with Crippen molar-refractivity contribution in [2.75, 3.05) is 25.4 Å². The fourth-order valence-electron chi connectivity index (χ4n) is 4.36. The van der Waals surface area contributed by atoms with Gasteiger partial charge in [-0.05, 0) is 73.0 Å². The van der Waals surface area contributed by atoms with Crippen molar-refractivity contribution in [3.63, 3.8) is 0 Å². The van der Waals surface area contributed by atoms with Crippen LogP contribution in [0.4, 0.5) is 4.39 Å². The fraction of sp³-hybridized carbons (Fsp3) is 0.222. The van der Waals surface area contributed by atoms with Crippen molar-refractivity contribution < 1.29 is 17.6 Å². The van der Waals surface area contributed by atoms with Crippen LogP contribution >= 0.6 is 11.8 Å². The summed E-state index contributed by atoms with van der Waals surface area (Å²) in [5.74, 6) is 0.0929. The lowest BCUT2D eigenvalue weighted by atomic mass is 10.1. The van der Waals surface area contributed by atoms with E-state index in [2.05, 4.69) is 10.3 Å². The van der Waals surface area contributed by atoms with Crippen molar-refractivity contribution >= 4 is 38.6 Å². The summed E-state index contributed by atoms with van der Waals surface area (Å²) in [6.45, 7) is 1.52. The highest BCUT2D eigenvalue weighted by atomic mass is 32.2. The SMILES string of the molecule is O=C(NCCSc1c(-c2ccc(F)cc2)[nH]c2ccccc12)c1ccc(S(=O)(=O)N2CCCC2)cc1. The first-order chi connectivity index (χ1) is 17.4. The second kappa shape index (κ2) is 10.5. The van der Waals surface area contributed by atoms with E-state index in [0.29, 0.717) is 31.0 Å². The van der Waals surface area contributed by atoms with E-state index >= 15 is 0 Å². The molecule has 9 heteroatoms. The van der Waals surface area contributed by atoms with E-state index in [1.54, 1.807) is 36.0 Å². The third-order valence-corrected chi connectivity index (χ3v) is 9.28. The monoisotopic (exact) mass is 523 g/mol. The first kappa shape index (κ1) is 24.5. The predicted octanol–water partition coefficient (Wildman–Crippen LogP) is 5.28. The Morgan fingerprint density at radius 3 is 2.39 bits per heavy atom. The third kappa shape index (κ3) is 5.04. The van der Waals surface area contributed by atoms with E-state index in [-0.39, 0.29) is 16.6 Å². The summed E-state index contributed by atoms with van der Waals surface area (Å²) in [6, 6.07) is 20.5. The van der Waals surface area contributed by atoms with Gasteiger partial charge in [-0.25, -0.2) is 12.8 Å². The highest BCUT2D eigenvalue weighted by molar-refractivity contribution is 7.99. The highest BCUT2D eigenvalue weighted by Crippen LogP contribution is 2.37. The summed E-state index contributed by atoms with van der Waals surface area (Å²) in [4.78, 5) is 17.3. The number of hydrogen-bond acceptors (Lipinski definition) is 4.